The zero-order valence-corrected chi connectivity index (χ0v) is 11.8. The summed E-state index contributed by atoms with van der Waals surface area (Å²) in [7, 11) is 0. The van der Waals surface area contributed by atoms with E-state index < -0.39 is 5.97 Å². The Hall–Kier alpha value is -1.74. The monoisotopic (exact) mass is 272 g/mol. The number of aromatic carboxylic acids is 1. The van der Waals surface area contributed by atoms with Crippen molar-refractivity contribution in [1.82, 2.24) is 0 Å². The van der Waals surface area contributed by atoms with Crippen molar-refractivity contribution in [1.29, 1.82) is 0 Å². The first kappa shape index (κ1) is 13.7. The molecule has 0 bridgehead atoms. The molecule has 0 spiro atoms. The fourth-order valence-electron chi connectivity index (χ4n) is 2.08. The van der Waals surface area contributed by atoms with Crippen LogP contribution < -0.4 is 0 Å². The van der Waals surface area contributed by atoms with Crippen molar-refractivity contribution in [2.45, 2.75) is 24.5 Å². The molecule has 0 aliphatic rings. The number of carboxylic acids is 1. The maximum absolute atomic E-state index is 11.1. The molecule has 3 heteroatoms. The first-order valence-corrected chi connectivity index (χ1v) is 7.07. The molecule has 0 aliphatic heterocycles. The normalized spacial score (nSPS) is 10.4. The number of carboxylic acid groups (broad SMARTS) is 1. The second-order valence-corrected chi connectivity index (χ2v) is 5.60. The molecule has 98 valence electrons. The van der Waals surface area contributed by atoms with Gasteiger partial charge in [0.05, 0.1) is 5.56 Å². The van der Waals surface area contributed by atoms with E-state index in [1.165, 1.54) is 16.7 Å². The minimum atomic E-state index is -0.872. The Morgan fingerprint density at radius 3 is 2.37 bits per heavy atom. The minimum absolute atomic E-state index is 0.372. The SMILES string of the molecule is Cc1cc(C)cc(CSc2ccccc2C(=O)O)c1. The fourth-order valence-corrected chi connectivity index (χ4v) is 3.06. The van der Waals surface area contributed by atoms with E-state index in [0.717, 1.165) is 10.6 Å². The smallest absolute Gasteiger partial charge is 0.336 e. The molecule has 2 rings (SSSR count). The van der Waals surface area contributed by atoms with Crippen molar-refractivity contribution < 1.29 is 9.90 Å². The van der Waals surface area contributed by atoms with Crippen LogP contribution in [0.15, 0.2) is 47.4 Å². The number of aryl methyl sites for hydroxylation is 2. The van der Waals surface area contributed by atoms with E-state index in [4.69, 9.17) is 5.11 Å². The highest BCUT2D eigenvalue weighted by atomic mass is 32.2. The highest BCUT2D eigenvalue weighted by Gasteiger charge is 2.09. The zero-order valence-electron chi connectivity index (χ0n) is 11.0. The van der Waals surface area contributed by atoms with Crippen molar-refractivity contribution >= 4 is 17.7 Å². The van der Waals surface area contributed by atoms with E-state index in [1.807, 2.05) is 12.1 Å². The van der Waals surface area contributed by atoms with Gasteiger partial charge in [0.15, 0.2) is 0 Å². The zero-order chi connectivity index (χ0) is 13.8. The van der Waals surface area contributed by atoms with Gasteiger partial charge in [0.2, 0.25) is 0 Å². The maximum atomic E-state index is 11.1. The highest BCUT2D eigenvalue weighted by molar-refractivity contribution is 7.98. The largest absolute Gasteiger partial charge is 0.478 e. The molecule has 2 aromatic rings. The summed E-state index contributed by atoms with van der Waals surface area (Å²) in [5.41, 5.74) is 4.07. The number of carbonyl (C=O) groups is 1. The van der Waals surface area contributed by atoms with Gasteiger partial charge in [-0.2, -0.15) is 0 Å². The molecule has 0 unspecified atom stereocenters. The van der Waals surface area contributed by atoms with Gasteiger partial charge in [-0.15, -0.1) is 11.8 Å². The Bertz CT molecular complexity index is 585. The number of hydrogen-bond donors (Lipinski definition) is 1. The molecule has 0 aromatic heterocycles. The van der Waals surface area contributed by atoms with E-state index in [9.17, 15) is 4.79 Å². The predicted molar refractivity (Wildman–Crippen MR) is 78.9 cm³/mol. The van der Waals surface area contributed by atoms with Crippen molar-refractivity contribution in [3.8, 4) is 0 Å². The fraction of sp³-hybridized carbons (Fsp3) is 0.188. The van der Waals surface area contributed by atoms with Crippen molar-refractivity contribution in [2.75, 3.05) is 0 Å². The van der Waals surface area contributed by atoms with Crippen LogP contribution in [0.1, 0.15) is 27.0 Å². The van der Waals surface area contributed by atoms with E-state index in [2.05, 4.69) is 32.0 Å². The number of hydrogen-bond acceptors (Lipinski definition) is 2. The van der Waals surface area contributed by atoms with Crippen LogP contribution in [0.4, 0.5) is 0 Å². The lowest BCUT2D eigenvalue weighted by atomic mass is 10.1. The Kier molecular flexibility index (Phi) is 4.27. The van der Waals surface area contributed by atoms with Gasteiger partial charge in [0.25, 0.3) is 0 Å². The molecular formula is C16H16O2S. The number of rotatable bonds is 4. The molecule has 0 atom stereocenters. The summed E-state index contributed by atoms with van der Waals surface area (Å²) in [6.07, 6.45) is 0. The third-order valence-electron chi connectivity index (χ3n) is 2.79. The molecule has 0 fully saturated rings. The lowest BCUT2D eigenvalue weighted by Crippen LogP contribution is -1.98. The van der Waals surface area contributed by atoms with Crippen molar-refractivity contribution in [3.05, 3.63) is 64.7 Å². The molecule has 2 nitrogen and oxygen atoms in total. The quantitative estimate of drug-likeness (QED) is 0.843. The predicted octanol–water partition coefficient (Wildman–Crippen LogP) is 4.29. The highest BCUT2D eigenvalue weighted by Crippen LogP contribution is 2.27. The van der Waals surface area contributed by atoms with Crippen LogP contribution in [0.2, 0.25) is 0 Å². The van der Waals surface area contributed by atoms with Crippen molar-refractivity contribution in [3.63, 3.8) is 0 Å². The molecule has 0 saturated carbocycles. The van der Waals surface area contributed by atoms with Gasteiger partial charge in [-0.05, 0) is 31.5 Å². The summed E-state index contributed by atoms with van der Waals surface area (Å²) < 4.78 is 0. The van der Waals surface area contributed by atoms with Crippen LogP contribution >= 0.6 is 11.8 Å². The van der Waals surface area contributed by atoms with Crippen LogP contribution in [0.25, 0.3) is 0 Å². The van der Waals surface area contributed by atoms with Crippen LogP contribution in [-0.4, -0.2) is 11.1 Å². The lowest BCUT2D eigenvalue weighted by Gasteiger charge is -2.07. The van der Waals surface area contributed by atoms with E-state index in [0.29, 0.717) is 5.56 Å². The topological polar surface area (TPSA) is 37.3 Å². The Morgan fingerprint density at radius 2 is 1.74 bits per heavy atom. The number of thioether (sulfide) groups is 1. The van der Waals surface area contributed by atoms with Crippen LogP contribution in [0.3, 0.4) is 0 Å². The molecule has 0 heterocycles. The summed E-state index contributed by atoms with van der Waals surface area (Å²) in [5.74, 6) is -0.0872. The van der Waals surface area contributed by atoms with Gasteiger partial charge in [-0.3, -0.25) is 0 Å². The maximum Gasteiger partial charge on any atom is 0.336 e. The van der Waals surface area contributed by atoms with Crippen LogP contribution in [0.5, 0.6) is 0 Å². The third-order valence-corrected chi connectivity index (χ3v) is 3.94. The minimum Gasteiger partial charge on any atom is -0.478 e. The molecule has 0 saturated heterocycles. The Morgan fingerprint density at radius 1 is 1.11 bits per heavy atom. The van der Waals surface area contributed by atoms with Gasteiger partial charge in [-0.25, -0.2) is 4.79 Å². The molecule has 0 aliphatic carbocycles. The average molecular weight is 272 g/mol. The van der Waals surface area contributed by atoms with Gasteiger partial charge < -0.3 is 5.11 Å². The summed E-state index contributed by atoms with van der Waals surface area (Å²) in [6.45, 7) is 4.15. The molecule has 19 heavy (non-hydrogen) atoms. The van der Waals surface area contributed by atoms with Crippen molar-refractivity contribution in [2.24, 2.45) is 0 Å². The third kappa shape index (κ3) is 3.61. The van der Waals surface area contributed by atoms with E-state index in [1.54, 1.807) is 23.9 Å². The summed E-state index contributed by atoms with van der Waals surface area (Å²) in [6, 6.07) is 13.6. The molecule has 2 aromatic carbocycles. The average Bonchev–Trinajstić information content (AvgIpc) is 2.35. The first-order chi connectivity index (χ1) is 9.06. The first-order valence-electron chi connectivity index (χ1n) is 6.08. The summed E-state index contributed by atoms with van der Waals surface area (Å²) >= 11 is 1.57. The van der Waals surface area contributed by atoms with E-state index in [-0.39, 0.29) is 0 Å². The standard InChI is InChI=1S/C16H16O2S/c1-11-7-12(2)9-13(8-11)10-19-15-6-4-3-5-14(15)16(17)18/h3-9H,10H2,1-2H3,(H,17,18). The molecule has 0 amide bonds. The van der Waals surface area contributed by atoms with Gasteiger partial charge in [0, 0.05) is 10.6 Å². The molecule has 1 N–H and O–H groups in total. The van der Waals surface area contributed by atoms with E-state index >= 15 is 0 Å². The lowest BCUT2D eigenvalue weighted by molar-refractivity contribution is 0.0693. The Labute approximate surface area is 117 Å². The molecule has 0 radical (unpaired) electrons. The summed E-state index contributed by atoms with van der Waals surface area (Å²) in [4.78, 5) is 11.9. The second kappa shape index (κ2) is 5.93. The summed E-state index contributed by atoms with van der Waals surface area (Å²) in [5, 5.41) is 9.14. The van der Waals surface area contributed by atoms with Crippen LogP contribution in [0, 0.1) is 13.8 Å². The number of benzene rings is 2. The van der Waals surface area contributed by atoms with Gasteiger partial charge in [-0.1, -0.05) is 41.5 Å². The van der Waals surface area contributed by atoms with Crippen LogP contribution in [-0.2, 0) is 5.75 Å². The molecular weight excluding hydrogens is 256 g/mol. The Balaban J connectivity index is 2.16. The second-order valence-electron chi connectivity index (χ2n) is 4.59. The van der Waals surface area contributed by atoms with Gasteiger partial charge in [0.1, 0.15) is 0 Å². The van der Waals surface area contributed by atoms with Gasteiger partial charge >= 0.3 is 5.97 Å².